The van der Waals surface area contributed by atoms with Crippen LogP contribution in [0, 0.1) is 0 Å². The van der Waals surface area contributed by atoms with Gasteiger partial charge in [0.15, 0.2) is 10.9 Å². The number of nitrogens with zero attached hydrogens (tertiary/aromatic N) is 2. The molecule has 1 N–H and O–H groups in total. The van der Waals surface area contributed by atoms with Gasteiger partial charge in [-0.15, -0.1) is 0 Å². The molecule has 0 unspecified atom stereocenters. The number of rotatable bonds is 10. The number of aromatic nitrogens is 2. The van der Waals surface area contributed by atoms with Crippen molar-refractivity contribution < 1.29 is 19.1 Å². The minimum absolute atomic E-state index is 0.0464. The second-order valence-corrected chi connectivity index (χ2v) is 8.95. The van der Waals surface area contributed by atoms with Crippen LogP contribution in [-0.2, 0) is 16.0 Å². The highest BCUT2D eigenvalue weighted by atomic mass is 32.2. The molecule has 3 aromatic rings. The summed E-state index contributed by atoms with van der Waals surface area (Å²) >= 11 is 1.22. The Balaban J connectivity index is 1.65. The summed E-state index contributed by atoms with van der Waals surface area (Å²) in [5, 5.41) is 3.63. The summed E-state index contributed by atoms with van der Waals surface area (Å²) in [5.41, 5.74) is 1.23. The molecule has 1 aliphatic heterocycles. The molecule has 1 aliphatic rings. The van der Waals surface area contributed by atoms with Crippen molar-refractivity contribution in [3.05, 3.63) is 70.0 Å². The first kappa shape index (κ1) is 24.1. The highest BCUT2D eigenvalue weighted by Gasteiger charge is 2.21. The largest absolute Gasteiger partial charge is 0.383 e. The van der Waals surface area contributed by atoms with E-state index in [2.05, 4.69) is 5.32 Å². The summed E-state index contributed by atoms with van der Waals surface area (Å²) in [6.45, 7) is 1.84. The summed E-state index contributed by atoms with van der Waals surface area (Å²) in [4.78, 5) is 43.2. The Hall–Kier alpha value is -3.01. The molecule has 1 saturated heterocycles. The van der Waals surface area contributed by atoms with Gasteiger partial charge in [0, 0.05) is 31.4 Å². The van der Waals surface area contributed by atoms with Crippen LogP contribution in [0.2, 0.25) is 0 Å². The lowest BCUT2D eigenvalue weighted by molar-refractivity contribution is 0.0935. The van der Waals surface area contributed by atoms with E-state index >= 15 is 0 Å². The fourth-order valence-corrected chi connectivity index (χ4v) is 4.71. The van der Waals surface area contributed by atoms with Crippen LogP contribution in [0.5, 0.6) is 0 Å². The van der Waals surface area contributed by atoms with E-state index in [1.807, 2.05) is 18.2 Å². The molecule has 2 heterocycles. The summed E-state index contributed by atoms with van der Waals surface area (Å²) in [6.07, 6.45) is 1.77. The average molecular weight is 482 g/mol. The van der Waals surface area contributed by atoms with Gasteiger partial charge in [-0.2, -0.15) is 0 Å². The lowest BCUT2D eigenvalue weighted by Crippen LogP contribution is -2.29. The number of hydrogen-bond donors (Lipinski definition) is 1. The van der Waals surface area contributed by atoms with Gasteiger partial charge in [-0.25, -0.2) is 4.98 Å². The van der Waals surface area contributed by atoms with Gasteiger partial charge in [0.05, 0.1) is 35.9 Å². The zero-order valence-corrected chi connectivity index (χ0v) is 19.8. The van der Waals surface area contributed by atoms with E-state index < -0.39 is 0 Å². The Kier molecular flexibility index (Phi) is 8.10. The monoisotopic (exact) mass is 481 g/mol. The molecular weight excluding hydrogens is 454 g/mol. The minimum atomic E-state index is -0.266. The molecule has 1 amide bonds. The topological polar surface area (TPSA) is 99.5 Å². The summed E-state index contributed by atoms with van der Waals surface area (Å²) in [5.74, 6) is -0.169. The number of carbonyl (C=O) groups excluding carboxylic acids is 2. The van der Waals surface area contributed by atoms with Crippen LogP contribution in [-0.4, -0.2) is 60.0 Å². The molecule has 1 aromatic heterocycles. The van der Waals surface area contributed by atoms with Gasteiger partial charge < -0.3 is 14.8 Å². The second-order valence-electron chi connectivity index (χ2n) is 8.00. The maximum atomic E-state index is 13.4. The normalized spacial score (nSPS) is 15.5. The Bertz CT molecular complexity index is 1220. The standard InChI is InChI=1S/C25H27N3O5S/c1-32-13-11-26-23(30)18-9-10-20-21(14-18)27-25(28(24(20)31)15-19-8-5-12-33-19)34-16-22(29)17-6-3-2-4-7-17/h2-4,6-7,9-10,14,19H,5,8,11-13,15-16H2,1H3,(H,26,30)/t19-/m0/s1. The second kappa shape index (κ2) is 11.4. The van der Waals surface area contributed by atoms with Crippen molar-refractivity contribution in [2.45, 2.75) is 30.6 Å². The van der Waals surface area contributed by atoms with Gasteiger partial charge >= 0.3 is 0 Å². The van der Waals surface area contributed by atoms with Crippen molar-refractivity contribution in [1.29, 1.82) is 0 Å². The zero-order chi connectivity index (χ0) is 23.9. The number of amides is 1. The van der Waals surface area contributed by atoms with Gasteiger partial charge in [-0.05, 0) is 31.0 Å². The molecule has 9 heteroatoms. The Morgan fingerprint density at radius 3 is 2.76 bits per heavy atom. The van der Waals surface area contributed by atoms with Crippen molar-refractivity contribution in [2.24, 2.45) is 0 Å². The van der Waals surface area contributed by atoms with Crippen LogP contribution >= 0.6 is 11.8 Å². The van der Waals surface area contributed by atoms with E-state index in [-0.39, 0.29) is 29.1 Å². The minimum Gasteiger partial charge on any atom is -0.383 e. The number of carbonyl (C=O) groups is 2. The summed E-state index contributed by atoms with van der Waals surface area (Å²) < 4.78 is 12.3. The highest BCUT2D eigenvalue weighted by molar-refractivity contribution is 7.99. The molecule has 34 heavy (non-hydrogen) atoms. The summed E-state index contributed by atoms with van der Waals surface area (Å²) in [6, 6.07) is 13.9. The maximum Gasteiger partial charge on any atom is 0.262 e. The van der Waals surface area contributed by atoms with Crippen LogP contribution in [0.3, 0.4) is 0 Å². The molecule has 178 valence electrons. The Labute approximate surface area is 201 Å². The van der Waals surface area contributed by atoms with Gasteiger partial charge in [0.25, 0.3) is 11.5 Å². The van der Waals surface area contributed by atoms with Crippen molar-refractivity contribution in [3.63, 3.8) is 0 Å². The molecule has 1 fully saturated rings. The highest BCUT2D eigenvalue weighted by Crippen LogP contribution is 2.22. The quantitative estimate of drug-likeness (QED) is 0.206. The van der Waals surface area contributed by atoms with Gasteiger partial charge in [0.2, 0.25) is 0 Å². The molecule has 4 rings (SSSR count). The molecule has 1 atom stereocenters. The van der Waals surface area contributed by atoms with Gasteiger partial charge in [-0.3, -0.25) is 19.0 Å². The van der Waals surface area contributed by atoms with Gasteiger partial charge in [0.1, 0.15) is 0 Å². The lowest BCUT2D eigenvalue weighted by atomic mass is 10.1. The van der Waals surface area contributed by atoms with E-state index in [1.165, 1.54) is 11.8 Å². The van der Waals surface area contributed by atoms with Crippen LogP contribution in [0.25, 0.3) is 10.9 Å². The van der Waals surface area contributed by atoms with E-state index in [0.717, 1.165) is 12.8 Å². The molecule has 0 aliphatic carbocycles. The van der Waals surface area contributed by atoms with E-state index in [4.69, 9.17) is 14.5 Å². The number of fused-ring (bicyclic) bond motifs is 1. The number of hydrogen-bond acceptors (Lipinski definition) is 7. The Morgan fingerprint density at radius 2 is 2.03 bits per heavy atom. The number of benzene rings is 2. The fraction of sp³-hybridized carbons (Fsp3) is 0.360. The maximum absolute atomic E-state index is 13.4. The van der Waals surface area contributed by atoms with Crippen LogP contribution in [0.15, 0.2) is 58.5 Å². The average Bonchev–Trinajstić information content (AvgIpc) is 3.38. The van der Waals surface area contributed by atoms with Crippen LogP contribution < -0.4 is 10.9 Å². The number of thioether (sulfide) groups is 1. The Morgan fingerprint density at radius 1 is 1.21 bits per heavy atom. The number of ketones is 1. The first-order chi connectivity index (χ1) is 16.6. The third kappa shape index (κ3) is 5.72. The zero-order valence-electron chi connectivity index (χ0n) is 19.0. The number of nitrogens with one attached hydrogen (secondary N) is 1. The van der Waals surface area contributed by atoms with E-state index in [1.54, 1.807) is 42.0 Å². The molecule has 0 radical (unpaired) electrons. The van der Waals surface area contributed by atoms with Crippen molar-refractivity contribution in [2.75, 3.05) is 32.6 Å². The van der Waals surface area contributed by atoms with Crippen molar-refractivity contribution in [3.8, 4) is 0 Å². The molecule has 2 aromatic carbocycles. The first-order valence-electron chi connectivity index (χ1n) is 11.2. The third-order valence-electron chi connectivity index (χ3n) is 5.61. The van der Waals surface area contributed by atoms with Gasteiger partial charge in [-0.1, -0.05) is 42.1 Å². The smallest absolute Gasteiger partial charge is 0.262 e. The molecule has 0 spiro atoms. The van der Waals surface area contributed by atoms with Crippen LogP contribution in [0.1, 0.15) is 33.6 Å². The molecule has 0 saturated carbocycles. The summed E-state index contributed by atoms with van der Waals surface area (Å²) in [7, 11) is 1.56. The molecule has 8 nitrogen and oxygen atoms in total. The number of methoxy groups -OCH3 is 1. The number of Topliss-reactive ketones (excluding diaryl/α,β-unsaturated/α-hetero) is 1. The predicted octanol–water partition coefficient (Wildman–Crippen LogP) is 2.93. The third-order valence-corrected chi connectivity index (χ3v) is 6.59. The van der Waals surface area contributed by atoms with Crippen molar-refractivity contribution in [1.82, 2.24) is 14.9 Å². The molecule has 0 bridgehead atoms. The molecular formula is C25H27N3O5S. The fourth-order valence-electron chi connectivity index (χ4n) is 3.81. The lowest BCUT2D eigenvalue weighted by Gasteiger charge is -2.16. The van der Waals surface area contributed by atoms with Crippen LogP contribution in [0.4, 0.5) is 0 Å². The SMILES string of the molecule is COCCNC(=O)c1ccc2c(=O)n(C[C@@H]3CCCO3)c(SCC(=O)c3ccccc3)nc2c1. The van der Waals surface area contributed by atoms with Crippen molar-refractivity contribution >= 4 is 34.4 Å². The van der Waals surface area contributed by atoms with E-state index in [9.17, 15) is 14.4 Å². The predicted molar refractivity (Wildman–Crippen MR) is 131 cm³/mol. The van der Waals surface area contributed by atoms with E-state index in [0.29, 0.717) is 53.5 Å². The number of ether oxygens (including phenoxy) is 2. The first-order valence-corrected chi connectivity index (χ1v) is 12.2.